The summed E-state index contributed by atoms with van der Waals surface area (Å²) in [4.78, 5) is 13.9. The number of hydrogen-bond acceptors (Lipinski definition) is 3. The van der Waals surface area contributed by atoms with E-state index in [1.807, 2.05) is 19.0 Å². The number of alkyl halides is 2. The summed E-state index contributed by atoms with van der Waals surface area (Å²) < 4.78 is 33.5. The minimum Gasteiger partial charge on any atom is -0.497 e. The third kappa shape index (κ3) is 3.50. The molecule has 1 N–H and O–H groups in total. The number of rotatable bonds is 6. The highest BCUT2D eigenvalue weighted by atomic mass is 19.3. The summed E-state index contributed by atoms with van der Waals surface area (Å²) in [5, 5.41) is 2.50. The molecule has 0 radical (unpaired) electrons. The molecule has 0 aromatic heterocycles. The van der Waals surface area contributed by atoms with Crippen molar-refractivity contribution >= 4 is 5.91 Å². The number of ether oxygens (including phenoxy) is 1. The highest BCUT2D eigenvalue weighted by Gasteiger charge is 2.50. The molecular formula is C15H20F2N2O2. The quantitative estimate of drug-likeness (QED) is 0.873. The van der Waals surface area contributed by atoms with Crippen LogP contribution in [0.25, 0.3) is 0 Å². The third-order valence-corrected chi connectivity index (χ3v) is 3.57. The largest absolute Gasteiger partial charge is 0.497 e. The molecule has 1 aliphatic rings. The number of benzene rings is 1. The van der Waals surface area contributed by atoms with Crippen LogP contribution in [0, 0.1) is 0 Å². The summed E-state index contributed by atoms with van der Waals surface area (Å²) >= 11 is 0. The van der Waals surface area contributed by atoms with Gasteiger partial charge in [-0.05, 0) is 39.1 Å². The number of methoxy groups -OCH3 is 1. The molecule has 0 unspecified atom stereocenters. The molecule has 0 saturated heterocycles. The maximum Gasteiger partial charge on any atom is 0.349 e. The van der Waals surface area contributed by atoms with E-state index < -0.39 is 17.4 Å². The van der Waals surface area contributed by atoms with Crippen LogP contribution >= 0.6 is 0 Å². The summed E-state index contributed by atoms with van der Waals surface area (Å²) in [6.45, 7) is 0.562. The lowest BCUT2D eigenvalue weighted by Gasteiger charge is -2.24. The fourth-order valence-corrected chi connectivity index (χ4v) is 2.35. The van der Waals surface area contributed by atoms with E-state index in [1.165, 1.54) is 25.3 Å². The molecule has 1 saturated carbocycles. The normalized spacial score (nSPS) is 16.7. The molecule has 4 nitrogen and oxygen atoms in total. The van der Waals surface area contributed by atoms with Gasteiger partial charge < -0.3 is 15.0 Å². The zero-order valence-electron chi connectivity index (χ0n) is 12.5. The predicted molar refractivity (Wildman–Crippen MR) is 75.5 cm³/mol. The Bertz CT molecular complexity index is 528. The Morgan fingerprint density at radius 1 is 1.43 bits per heavy atom. The number of amides is 1. The van der Waals surface area contributed by atoms with Gasteiger partial charge in [0.25, 0.3) is 5.91 Å². The molecule has 0 spiro atoms. The fourth-order valence-electron chi connectivity index (χ4n) is 2.35. The van der Waals surface area contributed by atoms with Crippen molar-refractivity contribution in [3.05, 3.63) is 29.8 Å². The first-order valence-electron chi connectivity index (χ1n) is 6.79. The first-order valence-corrected chi connectivity index (χ1v) is 6.79. The highest BCUT2D eigenvalue weighted by Crippen LogP contribution is 2.38. The Balaban J connectivity index is 2.13. The van der Waals surface area contributed by atoms with Gasteiger partial charge >= 0.3 is 5.92 Å². The highest BCUT2D eigenvalue weighted by molar-refractivity contribution is 5.86. The van der Waals surface area contributed by atoms with Gasteiger partial charge in [-0.3, -0.25) is 4.79 Å². The first-order chi connectivity index (χ1) is 9.79. The number of likely N-dealkylation sites (N-methyl/N-ethyl adjacent to an activating group) is 1. The first kappa shape index (κ1) is 15.7. The molecule has 116 valence electrons. The predicted octanol–water partition coefficient (Wildman–Crippen LogP) is 2.00. The molecular weight excluding hydrogens is 278 g/mol. The summed E-state index contributed by atoms with van der Waals surface area (Å²) in [6.07, 6.45) is 1.45. The van der Waals surface area contributed by atoms with E-state index in [1.54, 1.807) is 6.07 Å². The van der Waals surface area contributed by atoms with Crippen LogP contribution in [0.1, 0.15) is 18.4 Å². The topological polar surface area (TPSA) is 41.6 Å². The molecule has 1 aliphatic carbocycles. The Kier molecular flexibility index (Phi) is 4.18. The summed E-state index contributed by atoms with van der Waals surface area (Å²) in [6, 6.07) is 5.42. The Hall–Kier alpha value is -1.69. The zero-order chi connectivity index (χ0) is 15.7. The van der Waals surface area contributed by atoms with Crippen LogP contribution in [0.4, 0.5) is 8.78 Å². The molecule has 2 rings (SSSR count). The maximum absolute atomic E-state index is 14.3. The van der Waals surface area contributed by atoms with E-state index in [9.17, 15) is 13.6 Å². The van der Waals surface area contributed by atoms with Gasteiger partial charge in [-0.1, -0.05) is 12.1 Å². The lowest BCUT2D eigenvalue weighted by atomic mass is 10.1. The van der Waals surface area contributed by atoms with Crippen LogP contribution in [-0.4, -0.2) is 44.1 Å². The average Bonchev–Trinajstić information content (AvgIpc) is 3.17. The summed E-state index contributed by atoms with van der Waals surface area (Å²) in [5.74, 6) is -4.53. The van der Waals surface area contributed by atoms with Gasteiger partial charge in [0.2, 0.25) is 0 Å². The molecule has 0 heterocycles. The van der Waals surface area contributed by atoms with Crippen LogP contribution < -0.4 is 10.1 Å². The molecule has 0 bridgehead atoms. The van der Waals surface area contributed by atoms with E-state index >= 15 is 0 Å². The SMILES string of the molecule is COc1cccc(C(F)(F)C(=O)NC2(CN(C)C)CC2)c1. The molecule has 1 fully saturated rings. The molecule has 0 atom stereocenters. The van der Waals surface area contributed by atoms with E-state index in [0.717, 1.165) is 12.8 Å². The van der Waals surface area contributed by atoms with E-state index in [2.05, 4.69) is 5.32 Å². The van der Waals surface area contributed by atoms with Crippen LogP contribution in [-0.2, 0) is 10.7 Å². The van der Waals surface area contributed by atoms with Crippen LogP contribution in [0.5, 0.6) is 5.75 Å². The van der Waals surface area contributed by atoms with Gasteiger partial charge in [-0.15, -0.1) is 0 Å². The monoisotopic (exact) mass is 298 g/mol. The molecule has 6 heteroatoms. The lowest BCUT2D eigenvalue weighted by Crippen LogP contribution is -2.49. The second kappa shape index (κ2) is 5.60. The molecule has 1 aromatic rings. The van der Waals surface area contributed by atoms with Crippen LogP contribution in [0.3, 0.4) is 0 Å². The van der Waals surface area contributed by atoms with Gasteiger partial charge in [0.15, 0.2) is 0 Å². The third-order valence-electron chi connectivity index (χ3n) is 3.57. The Labute approximate surface area is 123 Å². The van der Waals surface area contributed by atoms with E-state index in [4.69, 9.17) is 4.74 Å². The maximum atomic E-state index is 14.3. The van der Waals surface area contributed by atoms with Crippen molar-refractivity contribution in [2.75, 3.05) is 27.7 Å². The smallest absolute Gasteiger partial charge is 0.349 e. The molecule has 1 aromatic carbocycles. The number of carbonyl (C=O) groups is 1. The molecule has 0 aliphatic heterocycles. The van der Waals surface area contributed by atoms with Crippen molar-refractivity contribution in [2.45, 2.75) is 24.3 Å². The number of nitrogens with zero attached hydrogens (tertiary/aromatic N) is 1. The Morgan fingerprint density at radius 3 is 2.62 bits per heavy atom. The summed E-state index contributed by atoms with van der Waals surface area (Å²) in [5.41, 5.74) is -0.872. The summed E-state index contributed by atoms with van der Waals surface area (Å²) in [7, 11) is 5.10. The van der Waals surface area contributed by atoms with Crippen molar-refractivity contribution in [3.63, 3.8) is 0 Å². The fraction of sp³-hybridized carbons (Fsp3) is 0.533. The van der Waals surface area contributed by atoms with E-state index in [0.29, 0.717) is 12.3 Å². The van der Waals surface area contributed by atoms with Crippen molar-refractivity contribution in [3.8, 4) is 5.75 Å². The van der Waals surface area contributed by atoms with Gasteiger partial charge in [0.05, 0.1) is 12.6 Å². The second-order valence-electron chi connectivity index (χ2n) is 5.78. The minimum atomic E-state index is -3.57. The van der Waals surface area contributed by atoms with Crippen molar-refractivity contribution < 1.29 is 18.3 Å². The van der Waals surface area contributed by atoms with Gasteiger partial charge in [-0.2, -0.15) is 8.78 Å². The molecule has 21 heavy (non-hydrogen) atoms. The van der Waals surface area contributed by atoms with Crippen LogP contribution in [0.15, 0.2) is 24.3 Å². The number of hydrogen-bond donors (Lipinski definition) is 1. The standard InChI is InChI=1S/C15H20F2N2O2/c1-19(2)10-14(7-8-14)18-13(20)15(16,17)11-5-4-6-12(9-11)21-3/h4-6,9H,7-8,10H2,1-3H3,(H,18,20). The van der Waals surface area contributed by atoms with Crippen LogP contribution in [0.2, 0.25) is 0 Å². The number of halogens is 2. The zero-order valence-corrected chi connectivity index (χ0v) is 12.5. The van der Waals surface area contributed by atoms with Gasteiger partial charge in [0, 0.05) is 12.1 Å². The number of carbonyl (C=O) groups excluding carboxylic acids is 1. The Morgan fingerprint density at radius 2 is 2.10 bits per heavy atom. The van der Waals surface area contributed by atoms with E-state index in [-0.39, 0.29) is 5.56 Å². The van der Waals surface area contributed by atoms with Gasteiger partial charge in [-0.25, -0.2) is 0 Å². The number of nitrogens with one attached hydrogen (secondary N) is 1. The molecule has 1 amide bonds. The average molecular weight is 298 g/mol. The van der Waals surface area contributed by atoms with Crippen molar-refractivity contribution in [1.29, 1.82) is 0 Å². The minimum absolute atomic E-state index is 0.300. The second-order valence-corrected chi connectivity index (χ2v) is 5.78. The van der Waals surface area contributed by atoms with Crippen molar-refractivity contribution in [1.82, 2.24) is 10.2 Å². The van der Waals surface area contributed by atoms with Crippen molar-refractivity contribution in [2.24, 2.45) is 0 Å². The lowest BCUT2D eigenvalue weighted by molar-refractivity contribution is -0.148. The van der Waals surface area contributed by atoms with Gasteiger partial charge in [0.1, 0.15) is 5.75 Å².